The van der Waals surface area contributed by atoms with Crippen LogP contribution in [0.5, 0.6) is 0 Å². The van der Waals surface area contributed by atoms with Gasteiger partial charge in [-0.3, -0.25) is 0 Å². The van der Waals surface area contributed by atoms with Crippen molar-refractivity contribution < 1.29 is 13.2 Å². The topological polar surface area (TPSA) is 38.4 Å². The minimum absolute atomic E-state index is 0.371. The molecule has 0 unspecified atom stereocenters. The van der Waals surface area contributed by atoms with Crippen LogP contribution < -0.4 is 5.84 Å². The van der Waals surface area contributed by atoms with E-state index in [0.717, 1.165) is 12.1 Å². The van der Waals surface area contributed by atoms with Gasteiger partial charge in [0.1, 0.15) is 0 Å². The summed E-state index contributed by atoms with van der Waals surface area (Å²) in [5, 5.41) is 3.33. The molecule has 1 aromatic rings. The highest BCUT2D eigenvalue weighted by atomic mass is 19.4. The number of hydrogen-bond acceptors (Lipinski definition) is 2. The number of hydrogen-bond donors (Lipinski definition) is 1. The molecule has 0 heterocycles. The van der Waals surface area contributed by atoms with Crippen molar-refractivity contribution in [1.29, 1.82) is 0 Å². The second-order valence-corrected chi connectivity index (χ2v) is 2.79. The third-order valence-corrected chi connectivity index (χ3v) is 1.80. The van der Waals surface area contributed by atoms with Crippen LogP contribution in [0, 0.1) is 0 Å². The van der Waals surface area contributed by atoms with Crippen LogP contribution in [0.15, 0.2) is 29.4 Å². The Morgan fingerprint density at radius 1 is 1.36 bits per heavy atom. The Balaban J connectivity index is 3.14. The van der Waals surface area contributed by atoms with E-state index in [0.29, 0.717) is 11.3 Å². The third-order valence-electron chi connectivity index (χ3n) is 1.80. The molecule has 0 bridgehead atoms. The first-order valence-electron chi connectivity index (χ1n) is 3.87. The smallest absolute Gasteiger partial charge is 0.323 e. The van der Waals surface area contributed by atoms with Crippen LogP contribution in [-0.4, -0.2) is 5.71 Å². The molecule has 0 aromatic heterocycles. The molecule has 0 aliphatic carbocycles. The molecule has 1 aromatic carbocycles. The molecule has 0 aliphatic rings. The van der Waals surface area contributed by atoms with Crippen molar-refractivity contribution in [3.05, 3.63) is 35.4 Å². The first kappa shape index (κ1) is 10.6. The molecule has 2 nitrogen and oxygen atoms in total. The highest BCUT2D eigenvalue weighted by molar-refractivity contribution is 5.98. The Morgan fingerprint density at radius 2 is 2.00 bits per heavy atom. The quantitative estimate of drug-likeness (QED) is 0.424. The Morgan fingerprint density at radius 3 is 2.50 bits per heavy atom. The molecule has 0 atom stereocenters. The maximum absolute atomic E-state index is 12.3. The number of nitrogens with two attached hydrogens (primary N) is 1. The predicted molar refractivity (Wildman–Crippen MR) is 47.8 cm³/mol. The van der Waals surface area contributed by atoms with Crippen molar-refractivity contribution in [3.63, 3.8) is 0 Å². The Labute approximate surface area is 79.2 Å². The fraction of sp³-hybridized carbons (Fsp3) is 0.222. The first-order valence-corrected chi connectivity index (χ1v) is 3.87. The van der Waals surface area contributed by atoms with Gasteiger partial charge in [-0.1, -0.05) is 12.1 Å². The molecular weight excluding hydrogens is 193 g/mol. The fourth-order valence-electron chi connectivity index (χ4n) is 0.995. The summed E-state index contributed by atoms with van der Waals surface area (Å²) < 4.78 is 36.8. The van der Waals surface area contributed by atoms with E-state index in [1.54, 1.807) is 6.92 Å². The predicted octanol–water partition coefficient (Wildman–Crippen LogP) is 2.39. The summed E-state index contributed by atoms with van der Waals surface area (Å²) in [7, 11) is 0. The van der Waals surface area contributed by atoms with Gasteiger partial charge in [0.25, 0.3) is 0 Å². The van der Waals surface area contributed by atoms with Gasteiger partial charge >= 0.3 is 6.18 Å². The average molecular weight is 202 g/mol. The number of rotatable bonds is 1. The van der Waals surface area contributed by atoms with Gasteiger partial charge in [0.15, 0.2) is 0 Å². The summed E-state index contributed by atoms with van der Waals surface area (Å²) in [5.41, 5.74) is 0.0522. The summed E-state index contributed by atoms with van der Waals surface area (Å²) in [6.45, 7) is 1.55. The second-order valence-electron chi connectivity index (χ2n) is 2.79. The van der Waals surface area contributed by atoms with E-state index in [1.807, 2.05) is 0 Å². The van der Waals surface area contributed by atoms with Crippen molar-refractivity contribution in [2.24, 2.45) is 10.9 Å². The minimum Gasteiger partial charge on any atom is -0.323 e. The molecule has 0 spiro atoms. The lowest BCUT2D eigenvalue weighted by Gasteiger charge is -2.07. The number of alkyl halides is 3. The van der Waals surface area contributed by atoms with Crippen LogP contribution in [0.3, 0.4) is 0 Å². The van der Waals surface area contributed by atoms with Gasteiger partial charge in [-0.05, 0) is 24.6 Å². The minimum atomic E-state index is -4.33. The van der Waals surface area contributed by atoms with Crippen molar-refractivity contribution in [2.75, 3.05) is 0 Å². The standard InChI is InChI=1S/C9H9F3N2/c1-6(14-13)7-3-2-4-8(5-7)9(10,11)12/h2-5H,13H2,1H3/b14-6-. The van der Waals surface area contributed by atoms with Gasteiger partial charge in [0, 0.05) is 0 Å². The lowest BCUT2D eigenvalue weighted by atomic mass is 10.1. The van der Waals surface area contributed by atoms with Crippen molar-refractivity contribution in [3.8, 4) is 0 Å². The van der Waals surface area contributed by atoms with E-state index in [4.69, 9.17) is 5.84 Å². The van der Waals surface area contributed by atoms with Gasteiger partial charge in [0.2, 0.25) is 0 Å². The Bertz CT molecular complexity index is 355. The molecule has 5 heteroatoms. The Kier molecular flexibility index (Phi) is 2.78. The highest BCUT2D eigenvalue weighted by Crippen LogP contribution is 2.29. The van der Waals surface area contributed by atoms with Gasteiger partial charge in [0.05, 0.1) is 11.3 Å². The molecule has 76 valence electrons. The molecule has 0 saturated heterocycles. The van der Waals surface area contributed by atoms with Gasteiger partial charge in [-0.15, -0.1) is 0 Å². The molecule has 0 aliphatic heterocycles. The van der Waals surface area contributed by atoms with Crippen LogP contribution >= 0.6 is 0 Å². The second kappa shape index (κ2) is 3.69. The molecule has 0 saturated carbocycles. The van der Waals surface area contributed by atoms with Crippen LogP contribution in [0.4, 0.5) is 13.2 Å². The fourth-order valence-corrected chi connectivity index (χ4v) is 0.995. The maximum atomic E-state index is 12.3. The Hall–Kier alpha value is -1.52. The largest absolute Gasteiger partial charge is 0.416 e. The molecular formula is C9H9F3N2. The van der Waals surface area contributed by atoms with E-state index in [9.17, 15) is 13.2 Å². The third kappa shape index (κ3) is 2.25. The first-order chi connectivity index (χ1) is 6.45. The SMILES string of the molecule is C/C(=N/N)c1cccc(C(F)(F)F)c1. The maximum Gasteiger partial charge on any atom is 0.416 e. The number of nitrogens with zero attached hydrogens (tertiary/aromatic N) is 1. The highest BCUT2D eigenvalue weighted by Gasteiger charge is 2.30. The zero-order chi connectivity index (χ0) is 10.8. The molecule has 0 fully saturated rings. The van der Waals surface area contributed by atoms with E-state index >= 15 is 0 Å². The van der Waals surface area contributed by atoms with Crippen molar-refractivity contribution in [1.82, 2.24) is 0 Å². The zero-order valence-corrected chi connectivity index (χ0v) is 7.47. The van der Waals surface area contributed by atoms with E-state index in [1.165, 1.54) is 12.1 Å². The number of benzene rings is 1. The summed E-state index contributed by atoms with van der Waals surface area (Å²) in [6, 6.07) is 4.88. The zero-order valence-electron chi connectivity index (χ0n) is 7.47. The van der Waals surface area contributed by atoms with Crippen molar-refractivity contribution in [2.45, 2.75) is 13.1 Å². The van der Waals surface area contributed by atoms with Crippen LogP contribution in [0.2, 0.25) is 0 Å². The lowest BCUT2D eigenvalue weighted by Crippen LogP contribution is -2.07. The van der Waals surface area contributed by atoms with E-state index in [2.05, 4.69) is 5.10 Å². The van der Waals surface area contributed by atoms with E-state index < -0.39 is 11.7 Å². The number of halogens is 3. The van der Waals surface area contributed by atoms with Crippen LogP contribution in [0.1, 0.15) is 18.1 Å². The molecule has 2 N–H and O–H groups in total. The van der Waals surface area contributed by atoms with Crippen LogP contribution in [0.25, 0.3) is 0 Å². The normalized spacial score (nSPS) is 13.0. The summed E-state index contributed by atoms with van der Waals surface area (Å²) in [5.74, 6) is 4.97. The van der Waals surface area contributed by atoms with Gasteiger partial charge in [-0.25, -0.2) is 0 Å². The monoisotopic (exact) mass is 202 g/mol. The van der Waals surface area contributed by atoms with Gasteiger partial charge in [-0.2, -0.15) is 18.3 Å². The molecule has 0 amide bonds. The summed E-state index contributed by atoms with van der Waals surface area (Å²) >= 11 is 0. The summed E-state index contributed by atoms with van der Waals surface area (Å²) in [4.78, 5) is 0. The molecule has 14 heavy (non-hydrogen) atoms. The molecule has 0 radical (unpaired) electrons. The number of hydrazone groups is 1. The van der Waals surface area contributed by atoms with E-state index in [-0.39, 0.29) is 0 Å². The van der Waals surface area contributed by atoms with Crippen molar-refractivity contribution >= 4 is 5.71 Å². The molecule has 1 rings (SSSR count). The van der Waals surface area contributed by atoms with Crippen LogP contribution in [-0.2, 0) is 6.18 Å². The average Bonchev–Trinajstić information content (AvgIpc) is 2.15. The van der Waals surface area contributed by atoms with Gasteiger partial charge < -0.3 is 5.84 Å². The summed E-state index contributed by atoms with van der Waals surface area (Å²) in [6.07, 6.45) is -4.33. The lowest BCUT2D eigenvalue weighted by molar-refractivity contribution is -0.137.